The van der Waals surface area contributed by atoms with E-state index in [1.807, 2.05) is 0 Å². The van der Waals surface area contributed by atoms with Crippen molar-refractivity contribution < 1.29 is 14.3 Å². The predicted molar refractivity (Wildman–Crippen MR) is 92.0 cm³/mol. The van der Waals surface area contributed by atoms with Gasteiger partial charge >= 0.3 is 0 Å². The molecule has 3 rings (SSSR count). The SMILES string of the molecule is CN=C(NCCCC(=O)NC1CC1)N1CCOC(C2CCCO2)C1. The van der Waals surface area contributed by atoms with E-state index in [1.54, 1.807) is 7.05 Å². The number of amides is 1. The average molecular weight is 338 g/mol. The molecule has 7 heteroatoms. The second-order valence-corrected chi connectivity index (χ2v) is 6.83. The summed E-state index contributed by atoms with van der Waals surface area (Å²) in [4.78, 5) is 18.3. The summed E-state index contributed by atoms with van der Waals surface area (Å²) in [6, 6.07) is 0.446. The summed E-state index contributed by atoms with van der Waals surface area (Å²) < 4.78 is 11.6. The highest BCUT2D eigenvalue weighted by Gasteiger charge is 2.32. The Labute approximate surface area is 144 Å². The Morgan fingerprint density at radius 2 is 2.04 bits per heavy atom. The minimum absolute atomic E-state index is 0.129. The fourth-order valence-electron chi connectivity index (χ4n) is 3.30. The van der Waals surface area contributed by atoms with Crippen molar-refractivity contribution >= 4 is 11.9 Å². The molecule has 2 heterocycles. The van der Waals surface area contributed by atoms with Crippen LogP contribution in [0.4, 0.5) is 0 Å². The minimum Gasteiger partial charge on any atom is -0.375 e. The van der Waals surface area contributed by atoms with E-state index in [1.165, 1.54) is 0 Å². The van der Waals surface area contributed by atoms with Gasteiger partial charge in [-0.25, -0.2) is 0 Å². The van der Waals surface area contributed by atoms with Crippen LogP contribution in [0, 0.1) is 0 Å². The molecule has 0 aromatic carbocycles. The van der Waals surface area contributed by atoms with Crippen molar-refractivity contribution in [1.29, 1.82) is 0 Å². The van der Waals surface area contributed by atoms with E-state index in [0.717, 1.165) is 64.3 Å². The van der Waals surface area contributed by atoms with Crippen LogP contribution in [-0.4, -0.2) is 74.9 Å². The zero-order chi connectivity index (χ0) is 16.8. The number of carbonyl (C=O) groups is 1. The van der Waals surface area contributed by atoms with Crippen LogP contribution < -0.4 is 10.6 Å². The van der Waals surface area contributed by atoms with E-state index in [9.17, 15) is 4.79 Å². The van der Waals surface area contributed by atoms with Gasteiger partial charge in [-0.2, -0.15) is 0 Å². The molecular formula is C17H30N4O3. The monoisotopic (exact) mass is 338 g/mol. The lowest BCUT2D eigenvalue weighted by Gasteiger charge is -2.37. The van der Waals surface area contributed by atoms with Gasteiger partial charge < -0.3 is 25.0 Å². The first-order chi connectivity index (χ1) is 11.8. The van der Waals surface area contributed by atoms with Crippen molar-refractivity contribution in [2.45, 2.75) is 56.8 Å². The van der Waals surface area contributed by atoms with E-state index >= 15 is 0 Å². The fraction of sp³-hybridized carbons (Fsp3) is 0.882. The molecule has 0 spiro atoms. The van der Waals surface area contributed by atoms with Crippen LogP contribution in [0.3, 0.4) is 0 Å². The van der Waals surface area contributed by atoms with Crippen LogP contribution in [0.5, 0.6) is 0 Å². The van der Waals surface area contributed by atoms with Gasteiger partial charge in [0.05, 0.1) is 12.7 Å². The maximum absolute atomic E-state index is 11.7. The summed E-state index contributed by atoms with van der Waals surface area (Å²) in [5.74, 6) is 1.06. The predicted octanol–water partition coefficient (Wildman–Crippen LogP) is 0.500. The quantitative estimate of drug-likeness (QED) is 0.419. The lowest BCUT2D eigenvalue weighted by molar-refractivity contribution is -0.121. The molecule has 2 N–H and O–H groups in total. The van der Waals surface area contributed by atoms with Gasteiger partial charge in [0.25, 0.3) is 0 Å². The second-order valence-electron chi connectivity index (χ2n) is 6.83. The Kier molecular flexibility index (Phi) is 6.31. The highest BCUT2D eigenvalue weighted by Crippen LogP contribution is 2.21. The molecule has 0 aromatic rings. The number of rotatable bonds is 6. The number of ether oxygens (including phenoxy) is 2. The largest absolute Gasteiger partial charge is 0.375 e. The Hall–Kier alpha value is -1.34. The number of guanidine groups is 1. The maximum atomic E-state index is 11.7. The molecule has 1 amide bonds. The summed E-state index contributed by atoms with van der Waals surface area (Å²) in [6.07, 6.45) is 6.22. The van der Waals surface area contributed by atoms with Gasteiger partial charge in [0.1, 0.15) is 6.10 Å². The number of carbonyl (C=O) groups excluding carboxylic acids is 1. The molecule has 0 radical (unpaired) electrons. The topological polar surface area (TPSA) is 75.2 Å². The summed E-state index contributed by atoms with van der Waals surface area (Å²) in [5, 5.41) is 6.39. The van der Waals surface area contributed by atoms with Gasteiger partial charge in [-0.1, -0.05) is 0 Å². The number of morpholine rings is 1. The first-order valence-corrected chi connectivity index (χ1v) is 9.24. The van der Waals surface area contributed by atoms with Gasteiger partial charge in [0, 0.05) is 45.8 Å². The van der Waals surface area contributed by atoms with Gasteiger partial charge in [-0.15, -0.1) is 0 Å². The normalized spacial score (nSPS) is 28.0. The highest BCUT2D eigenvalue weighted by atomic mass is 16.5. The van der Waals surface area contributed by atoms with E-state index in [2.05, 4.69) is 20.5 Å². The Morgan fingerprint density at radius 3 is 2.75 bits per heavy atom. The molecule has 2 saturated heterocycles. The molecule has 2 atom stereocenters. The third-order valence-corrected chi connectivity index (χ3v) is 4.79. The number of nitrogens with zero attached hydrogens (tertiary/aromatic N) is 2. The van der Waals surface area contributed by atoms with Crippen molar-refractivity contribution in [3.63, 3.8) is 0 Å². The molecule has 1 aliphatic carbocycles. The Balaban J connectivity index is 1.37. The first-order valence-electron chi connectivity index (χ1n) is 9.24. The number of hydrogen-bond donors (Lipinski definition) is 2. The Morgan fingerprint density at radius 1 is 1.21 bits per heavy atom. The number of nitrogens with one attached hydrogen (secondary N) is 2. The fourth-order valence-corrected chi connectivity index (χ4v) is 3.30. The molecular weight excluding hydrogens is 308 g/mol. The Bertz CT molecular complexity index is 447. The van der Waals surface area contributed by atoms with E-state index in [4.69, 9.17) is 9.47 Å². The zero-order valence-electron chi connectivity index (χ0n) is 14.6. The third-order valence-electron chi connectivity index (χ3n) is 4.79. The lowest BCUT2D eigenvalue weighted by atomic mass is 10.1. The molecule has 3 aliphatic rings. The van der Waals surface area contributed by atoms with Crippen LogP contribution in [0.25, 0.3) is 0 Å². The molecule has 136 valence electrons. The van der Waals surface area contributed by atoms with Crippen LogP contribution in [0.2, 0.25) is 0 Å². The molecule has 3 fully saturated rings. The maximum Gasteiger partial charge on any atom is 0.220 e. The summed E-state index contributed by atoms with van der Waals surface area (Å²) in [5.41, 5.74) is 0. The van der Waals surface area contributed by atoms with Gasteiger partial charge in [-0.05, 0) is 32.1 Å². The van der Waals surface area contributed by atoms with Crippen LogP contribution >= 0.6 is 0 Å². The molecule has 2 aliphatic heterocycles. The van der Waals surface area contributed by atoms with Crippen molar-refractivity contribution in [2.75, 3.05) is 39.9 Å². The highest BCUT2D eigenvalue weighted by molar-refractivity contribution is 5.80. The molecule has 0 bridgehead atoms. The van der Waals surface area contributed by atoms with Crippen molar-refractivity contribution in [3.05, 3.63) is 0 Å². The number of aliphatic imine (C=N–C) groups is 1. The second kappa shape index (κ2) is 8.67. The van der Waals surface area contributed by atoms with Crippen molar-refractivity contribution in [1.82, 2.24) is 15.5 Å². The van der Waals surface area contributed by atoms with Crippen LogP contribution in [0.15, 0.2) is 4.99 Å². The standard InChI is InChI=1S/C17H30N4O3/c1-18-17(19-8-2-5-16(22)20-13-6-7-13)21-9-11-24-15(12-21)14-4-3-10-23-14/h13-15H,2-12H2,1H3,(H,18,19)(H,20,22). The summed E-state index contributed by atoms with van der Waals surface area (Å²) in [7, 11) is 1.80. The minimum atomic E-state index is 0.129. The molecule has 1 saturated carbocycles. The molecule has 7 nitrogen and oxygen atoms in total. The molecule has 24 heavy (non-hydrogen) atoms. The van der Waals surface area contributed by atoms with Crippen LogP contribution in [-0.2, 0) is 14.3 Å². The third kappa shape index (κ3) is 5.08. The molecule has 0 aromatic heterocycles. The summed E-state index contributed by atoms with van der Waals surface area (Å²) >= 11 is 0. The first kappa shape index (κ1) is 17.5. The molecule has 2 unspecified atom stereocenters. The van der Waals surface area contributed by atoms with Crippen molar-refractivity contribution in [3.8, 4) is 0 Å². The van der Waals surface area contributed by atoms with E-state index in [-0.39, 0.29) is 18.1 Å². The van der Waals surface area contributed by atoms with Crippen molar-refractivity contribution in [2.24, 2.45) is 4.99 Å². The van der Waals surface area contributed by atoms with Gasteiger partial charge in [0.2, 0.25) is 5.91 Å². The van der Waals surface area contributed by atoms with E-state index < -0.39 is 0 Å². The van der Waals surface area contributed by atoms with Gasteiger partial charge in [-0.3, -0.25) is 9.79 Å². The van der Waals surface area contributed by atoms with Gasteiger partial charge in [0.15, 0.2) is 5.96 Å². The van der Waals surface area contributed by atoms with E-state index in [0.29, 0.717) is 19.1 Å². The zero-order valence-corrected chi connectivity index (χ0v) is 14.6. The van der Waals surface area contributed by atoms with Crippen LogP contribution in [0.1, 0.15) is 38.5 Å². The average Bonchev–Trinajstić information content (AvgIpc) is 3.24. The lowest BCUT2D eigenvalue weighted by Crippen LogP contribution is -2.53. The smallest absolute Gasteiger partial charge is 0.220 e. The number of hydrogen-bond acceptors (Lipinski definition) is 4. The summed E-state index contributed by atoms with van der Waals surface area (Å²) in [6.45, 7) is 3.96.